The zero-order chi connectivity index (χ0) is 14.0. The number of hydrogen-bond donors (Lipinski definition) is 1. The zero-order valence-corrected chi connectivity index (χ0v) is 10.1. The van der Waals surface area contributed by atoms with Gasteiger partial charge in [0.15, 0.2) is 0 Å². The molecule has 2 rings (SSSR count). The third-order valence-electron chi connectivity index (χ3n) is 2.64. The maximum absolute atomic E-state index is 12.7. The van der Waals surface area contributed by atoms with Crippen molar-refractivity contribution in [2.75, 3.05) is 5.73 Å². The van der Waals surface area contributed by atoms with Crippen molar-refractivity contribution in [1.82, 2.24) is 9.78 Å². The van der Waals surface area contributed by atoms with E-state index in [1.165, 1.54) is 29.1 Å². The number of hydrogen-bond acceptors (Lipinski definition) is 3. The number of aryl methyl sites for hydroxylation is 1. The van der Waals surface area contributed by atoms with Crippen molar-refractivity contribution < 1.29 is 17.9 Å². The van der Waals surface area contributed by atoms with Crippen LogP contribution in [0.15, 0.2) is 30.5 Å². The lowest BCUT2D eigenvalue weighted by atomic mass is 10.2. The standard InChI is InChI=1S/C12H12F3N3O/c1-18-11(16)8(6-17-18)7-19-10-5-3-2-4-9(10)12(13,14)15/h2-6H,7,16H2,1H3. The molecule has 0 spiro atoms. The van der Waals surface area contributed by atoms with Gasteiger partial charge in [0.25, 0.3) is 0 Å². The van der Waals surface area contributed by atoms with Gasteiger partial charge in [-0.25, -0.2) is 0 Å². The number of benzene rings is 1. The number of nitrogens with two attached hydrogens (primary N) is 1. The van der Waals surface area contributed by atoms with Crippen molar-refractivity contribution in [2.45, 2.75) is 12.8 Å². The number of ether oxygens (including phenoxy) is 1. The van der Waals surface area contributed by atoms with Gasteiger partial charge in [0.2, 0.25) is 0 Å². The van der Waals surface area contributed by atoms with Crippen LogP contribution in [0.4, 0.5) is 19.0 Å². The molecule has 19 heavy (non-hydrogen) atoms. The van der Waals surface area contributed by atoms with Crippen molar-refractivity contribution in [3.63, 3.8) is 0 Å². The molecule has 2 N–H and O–H groups in total. The normalized spacial score (nSPS) is 11.6. The van der Waals surface area contributed by atoms with E-state index in [4.69, 9.17) is 10.5 Å². The molecule has 0 saturated heterocycles. The highest BCUT2D eigenvalue weighted by Gasteiger charge is 2.34. The van der Waals surface area contributed by atoms with Gasteiger partial charge in [-0.2, -0.15) is 18.3 Å². The first kappa shape index (κ1) is 13.3. The van der Waals surface area contributed by atoms with Crippen LogP contribution in [0.2, 0.25) is 0 Å². The minimum Gasteiger partial charge on any atom is -0.488 e. The largest absolute Gasteiger partial charge is 0.488 e. The SMILES string of the molecule is Cn1ncc(COc2ccccc2C(F)(F)F)c1N. The molecule has 0 aliphatic rings. The number of nitrogen functional groups attached to an aromatic ring is 1. The summed E-state index contributed by atoms with van der Waals surface area (Å²) in [4.78, 5) is 0. The monoisotopic (exact) mass is 271 g/mol. The van der Waals surface area contributed by atoms with Gasteiger partial charge in [-0.1, -0.05) is 12.1 Å². The van der Waals surface area contributed by atoms with Crippen LogP contribution in [-0.2, 0) is 19.8 Å². The Labute approximate surface area is 107 Å². The van der Waals surface area contributed by atoms with E-state index in [1.807, 2.05) is 0 Å². The van der Waals surface area contributed by atoms with E-state index in [1.54, 1.807) is 7.05 Å². The Morgan fingerprint density at radius 3 is 2.58 bits per heavy atom. The van der Waals surface area contributed by atoms with Gasteiger partial charge in [-0.3, -0.25) is 4.68 Å². The van der Waals surface area contributed by atoms with Crippen LogP contribution in [0.3, 0.4) is 0 Å². The van der Waals surface area contributed by atoms with Crippen LogP contribution in [-0.4, -0.2) is 9.78 Å². The summed E-state index contributed by atoms with van der Waals surface area (Å²) in [7, 11) is 1.64. The molecule has 1 aromatic carbocycles. The molecule has 1 aromatic heterocycles. The van der Waals surface area contributed by atoms with Crippen LogP contribution in [0.1, 0.15) is 11.1 Å². The lowest BCUT2D eigenvalue weighted by Crippen LogP contribution is -2.09. The van der Waals surface area contributed by atoms with E-state index >= 15 is 0 Å². The van der Waals surface area contributed by atoms with E-state index in [2.05, 4.69) is 5.10 Å². The molecule has 0 bridgehead atoms. The summed E-state index contributed by atoms with van der Waals surface area (Å²) in [6.07, 6.45) is -2.98. The van der Waals surface area contributed by atoms with Gasteiger partial charge in [-0.15, -0.1) is 0 Å². The summed E-state index contributed by atoms with van der Waals surface area (Å²) in [6, 6.07) is 5.04. The molecular weight excluding hydrogens is 259 g/mol. The summed E-state index contributed by atoms with van der Waals surface area (Å²) in [5, 5.41) is 3.89. The number of para-hydroxylation sites is 1. The van der Waals surface area contributed by atoms with E-state index < -0.39 is 11.7 Å². The second-order valence-electron chi connectivity index (χ2n) is 3.96. The Balaban J connectivity index is 2.19. The first-order chi connectivity index (χ1) is 8.89. The van der Waals surface area contributed by atoms with E-state index in [-0.39, 0.29) is 12.4 Å². The fourth-order valence-corrected chi connectivity index (χ4v) is 1.59. The Morgan fingerprint density at radius 2 is 2.00 bits per heavy atom. The van der Waals surface area contributed by atoms with Crippen LogP contribution < -0.4 is 10.5 Å². The molecule has 102 valence electrons. The number of halogens is 3. The number of aromatic nitrogens is 2. The first-order valence-corrected chi connectivity index (χ1v) is 5.45. The number of rotatable bonds is 3. The van der Waals surface area contributed by atoms with E-state index in [0.29, 0.717) is 11.4 Å². The average molecular weight is 271 g/mol. The Hall–Kier alpha value is -2.18. The van der Waals surface area contributed by atoms with Crippen molar-refractivity contribution in [1.29, 1.82) is 0 Å². The third-order valence-corrected chi connectivity index (χ3v) is 2.64. The summed E-state index contributed by atoms with van der Waals surface area (Å²) in [5.41, 5.74) is 5.42. The molecule has 0 atom stereocenters. The molecule has 2 aromatic rings. The van der Waals surface area contributed by atoms with Gasteiger partial charge in [0, 0.05) is 7.05 Å². The first-order valence-electron chi connectivity index (χ1n) is 5.45. The third kappa shape index (κ3) is 2.81. The maximum Gasteiger partial charge on any atom is 0.419 e. The van der Waals surface area contributed by atoms with E-state index in [0.717, 1.165) is 6.07 Å². The van der Waals surface area contributed by atoms with E-state index in [9.17, 15) is 13.2 Å². The number of nitrogens with zero attached hydrogens (tertiary/aromatic N) is 2. The smallest absolute Gasteiger partial charge is 0.419 e. The highest BCUT2D eigenvalue weighted by Crippen LogP contribution is 2.36. The second kappa shape index (κ2) is 4.83. The predicted octanol–water partition coefficient (Wildman–Crippen LogP) is 2.60. The Bertz CT molecular complexity index is 578. The molecule has 0 aliphatic heterocycles. The highest BCUT2D eigenvalue weighted by molar-refractivity contribution is 5.39. The minimum atomic E-state index is -4.45. The molecule has 0 radical (unpaired) electrons. The lowest BCUT2D eigenvalue weighted by molar-refractivity contribution is -0.139. The van der Waals surface area contributed by atoms with Gasteiger partial charge in [0.1, 0.15) is 18.2 Å². The summed E-state index contributed by atoms with van der Waals surface area (Å²) < 4.78 is 44.8. The zero-order valence-electron chi connectivity index (χ0n) is 10.1. The van der Waals surface area contributed by atoms with Crippen LogP contribution in [0.25, 0.3) is 0 Å². The molecular formula is C12H12F3N3O. The van der Waals surface area contributed by atoms with Crippen LogP contribution >= 0.6 is 0 Å². The molecule has 4 nitrogen and oxygen atoms in total. The molecule has 1 heterocycles. The predicted molar refractivity (Wildman–Crippen MR) is 63.4 cm³/mol. The fourth-order valence-electron chi connectivity index (χ4n) is 1.59. The van der Waals surface area contributed by atoms with Gasteiger partial charge in [0.05, 0.1) is 17.3 Å². The molecule has 0 fully saturated rings. The fraction of sp³-hybridized carbons (Fsp3) is 0.250. The molecule has 0 saturated carbocycles. The highest BCUT2D eigenvalue weighted by atomic mass is 19.4. The molecule has 0 amide bonds. The van der Waals surface area contributed by atoms with Gasteiger partial charge >= 0.3 is 6.18 Å². The topological polar surface area (TPSA) is 53.1 Å². The van der Waals surface area contributed by atoms with Gasteiger partial charge < -0.3 is 10.5 Å². The molecule has 0 aliphatic carbocycles. The maximum atomic E-state index is 12.7. The number of alkyl halides is 3. The minimum absolute atomic E-state index is 0.0627. The van der Waals surface area contributed by atoms with Crippen LogP contribution in [0.5, 0.6) is 5.75 Å². The van der Waals surface area contributed by atoms with Crippen molar-refractivity contribution in [3.05, 3.63) is 41.6 Å². The van der Waals surface area contributed by atoms with Crippen molar-refractivity contribution >= 4 is 5.82 Å². The average Bonchev–Trinajstić information content (AvgIpc) is 2.67. The van der Waals surface area contributed by atoms with Crippen molar-refractivity contribution in [2.24, 2.45) is 7.05 Å². The number of anilines is 1. The summed E-state index contributed by atoms with van der Waals surface area (Å²) in [5.74, 6) is 0.141. The summed E-state index contributed by atoms with van der Waals surface area (Å²) in [6.45, 7) is -0.0627. The Kier molecular flexibility index (Phi) is 3.37. The quantitative estimate of drug-likeness (QED) is 0.933. The molecule has 0 unspecified atom stereocenters. The van der Waals surface area contributed by atoms with Gasteiger partial charge in [-0.05, 0) is 12.1 Å². The lowest BCUT2D eigenvalue weighted by Gasteiger charge is -2.13. The molecule has 7 heteroatoms. The summed E-state index contributed by atoms with van der Waals surface area (Å²) >= 11 is 0. The van der Waals surface area contributed by atoms with Crippen LogP contribution in [0, 0.1) is 0 Å². The van der Waals surface area contributed by atoms with Crippen molar-refractivity contribution in [3.8, 4) is 5.75 Å². The Morgan fingerprint density at radius 1 is 1.32 bits per heavy atom. The second-order valence-corrected chi connectivity index (χ2v) is 3.96.